The summed E-state index contributed by atoms with van der Waals surface area (Å²) >= 11 is 0. The van der Waals surface area contributed by atoms with Crippen LogP contribution in [0.2, 0.25) is 0 Å². The number of rotatable bonds is 9. The molecule has 0 spiro atoms. The molecule has 3 aromatic rings. The topological polar surface area (TPSA) is 102 Å². The van der Waals surface area contributed by atoms with Crippen LogP contribution in [0.3, 0.4) is 0 Å². The molecule has 1 atom stereocenters. The van der Waals surface area contributed by atoms with Gasteiger partial charge in [0.2, 0.25) is 6.79 Å². The molecule has 0 saturated heterocycles. The molecule has 4 rings (SSSR count). The Morgan fingerprint density at radius 1 is 1.12 bits per heavy atom. The summed E-state index contributed by atoms with van der Waals surface area (Å²) in [7, 11) is 0. The normalized spacial score (nSPS) is 13.3. The summed E-state index contributed by atoms with van der Waals surface area (Å²) in [6, 6.07) is 10.1. The smallest absolute Gasteiger partial charge is 0.329 e. The van der Waals surface area contributed by atoms with Gasteiger partial charge in [-0.1, -0.05) is 39.2 Å². The maximum absolute atomic E-state index is 13.0. The number of nitrogens with one attached hydrogen (secondary N) is 2. The lowest BCUT2D eigenvalue weighted by Crippen LogP contribution is -2.35. The van der Waals surface area contributed by atoms with E-state index in [-0.39, 0.29) is 19.2 Å². The number of amides is 1. The Balaban J connectivity index is 1.54. The van der Waals surface area contributed by atoms with E-state index < -0.39 is 11.2 Å². The van der Waals surface area contributed by atoms with Crippen molar-refractivity contribution in [2.24, 2.45) is 5.92 Å². The van der Waals surface area contributed by atoms with Crippen LogP contribution in [-0.4, -0.2) is 28.8 Å². The molecule has 2 heterocycles. The van der Waals surface area contributed by atoms with Crippen LogP contribution in [0, 0.1) is 5.92 Å². The number of unbranched alkanes of at least 4 members (excludes halogenated alkanes) is 1. The minimum absolute atomic E-state index is 0.0964. The van der Waals surface area contributed by atoms with Crippen molar-refractivity contribution in [3.05, 3.63) is 68.4 Å². The zero-order chi connectivity index (χ0) is 23.4. The van der Waals surface area contributed by atoms with Crippen molar-refractivity contribution in [3.8, 4) is 11.5 Å². The van der Waals surface area contributed by atoms with Gasteiger partial charge in [0.15, 0.2) is 11.5 Å². The first kappa shape index (κ1) is 22.6. The Morgan fingerprint density at radius 2 is 1.94 bits per heavy atom. The van der Waals surface area contributed by atoms with Gasteiger partial charge in [0.05, 0.1) is 17.4 Å². The molecule has 33 heavy (non-hydrogen) atoms. The second-order valence-corrected chi connectivity index (χ2v) is 8.40. The summed E-state index contributed by atoms with van der Waals surface area (Å²) in [6.45, 7) is 5.15. The van der Waals surface area contributed by atoms with Gasteiger partial charge in [0.25, 0.3) is 11.5 Å². The van der Waals surface area contributed by atoms with Gasteiger partial charge in [-0.2, -0.15) is 0 Å². The van der Waals surface area contributed by atoms with Crippen LogP contribution in [0.25, 0.3) is 10.9 Å². The number of aromatic amines is 1. The first-order valence-electron chi connectivity index (χ1n) is 11.4. The Bertz CT molecular complexity index is 1280. The summed E-state index contributed by atoms with van der Waals surface area (Å²) in [5.41, 5.74) is 0.558. The fourth-order valence-corrected chi connectivity index (χ4v) is 4.04. The molecule has 0 unspecified atom stereocenters. The molecule has 1 aliphatic heterocycles. The molecule has 2 aromatic carbocycles. The van der Waals surface area contributed by atoms with E-state index in [9.17, 15) is 14.4 Å². The molecular formula is C25H29N3O5. The van der Waals surface area contributed by atoms with Crippen LogP contribution >= 0.6 is 0 Å². The monoisotopic (exact) mass is 451 g/mol. The zero-order valence-corrected chi connectivity index (χ0v) is 19.0. The Labute approximate surface area is 191 Å². The van der Waals surface area contributed by atoms with Gasteiger partial charge >= 0.3 is 5.69 Å². The number of carbonyl (C=O) groups is 1. The Hall–Kier alpha value is -3.55. The lowest BCUT2D eigenvalue weighted by molar-refractivity contribution is 0.0946. The molecular weight excluding hydrogens is 422 g/mol. The molecule has 0 fully saturated rings. The molecule has 174 valence electrons. The predicted octanol–water partition coefficient (Wildman–Crippen LogP) is 3.41. The van der Waals surface area contributed by atoms with Crippen molar-refractivity contribution in [2.75, 3.05) is 13.3 Å². The third kappa shape index (κ3) is 4.94. The Kier molecular flexibility index (Phi) is 6.82. The number of hydrogen-bond donors (Lipinski definition) is 2. The van der Waals surface area contributed by atoms with E-state index in [1.165, 1.54) is 0 Å². The SMILES string of the molecule is CCCC[C@@H](CC)CNC(=O)c1ccc2c(=O)n(Cc3ccc4c(c3)OCO4)c(=O)[nH]c2c1. The number of nitrogens with zero attached hydrogens (tertiary/aromatic N) is 1. The van der Waals surface area contributed by atoms with E-state index in [0.717, 1.165) is 35.8 Å². The van der Waals surface area contributed by atoms with Crippen LogP contribution in [0.15, 0.2) is 46.0 Å². The molecule has 1 aromatic heterocycles. The van der Waals surface area contributed by atoms with Gasteiger partial charge < -0.3 is 19.8 Å². The first-order chi connectivity index (χ1) is 16.0. The molecule has 8 heteroatoms. The number of ether oxygens (including phenoxy) is 2. The van der Waals surface area contributed by atoms with E-state index in [2.05, 4.69) is 24.1 Å². The van der Waals surface area contributed by atoms with E-state index in [1.807, 2.05) is 0 Å². The van der Waals surface area contributed by atoms with Gasteiger partial charge in [-0.05, 0) is 48.2 Å². The molecule has 1 amide bonds. The highest BCUT2D eigenvalue weighted by atomic mass is 16.7. The van der Waals surface area contributed by atoms with Crippen molar-refractivity contribution < 1.29 is 14.3 Å². The molecule has 0 saturated carbocycles. The van der Waals surface area contributed by atoms with Gasteiger partial charge in [-0.3, -0.25) is 14.2 Å². The van der Waals surface area contributed by atoms with E-state index in [1.54, 1.807) is 36.4 Å². The van der Waals surface area contributed by atoms with Gasteiger partial charge in [-0.15, -0.1) is 0 Å². The van der Waals surface area contributed by atoms with E-state index >= 15 is 0 Å². The van der Waals surface area contributed by atoms with Crippen molar-refractivity contribution >= 4 is 16.8 Å². The second-order valence-electron chi connectivity index (χ2n) is 8.40. The van der Waals surface area contributed by atoms with Crippen molar-refractivity contribution in [1.29, 1.82) is 0 Å². The average Bonchev–Trinajstić information content (AvgIpc) is 3.29. The number of fused-ring (bicyclic) bond motifs is 2. The minimum Gasteiger partial charge on any atom is -0.454 e. The highest BCUT2D eigenvalue weighted by molar-refractivity contribution is 5.97. The first-order valence-corrected chi connectivity index (χ1v) is 11.4. The molecule has 0 aliphatic carbocycles. The average molecular weight is 452 g/mol. The molecule has 0 bridgehead atoms. The minimum atomic E-state index is -0.534. The molecule has 8 nitrogen and oxygen atoms in total. The number of H-pyrrole nitrogens is 1. The van der Waals surface area contributed by atoms with E-state index in [4.69, 9.17) is 9.47 Å². The standard InChI is InChI=1S/C25H29N3O5/c1-3-5-6-16(4-2)13-26-23(29)18-8-9-19-20(12-18)27-25(31)28(24(19)30)14-17-7-10-21-22(11-17)33-15-32-21/h7-12,16H,3-6,13-15H2,1-2H3,(H,26,29)(H,27,31)/t16-/m1/s1. The van der Waals surface area contributed by atoms with Crippen LogP contribution in [0.5, 0.6) is 11.5 Å². The van der Waals surface area contributed by atoms with Crippen molar-refractivity contribution in [2.45, 2.75) is 46.1 Å². The zero-order valence-electron chi connectivity index (χ0n) is 19.0. The third-order valence-corrected chi connectivity index (χ3v) is 6.12. The summed E-state index contributed by atoms with van der Waals surface area (Å²) in [4.78, 5) is 41.1. The quantitative estimate of drug-likeness (QED) is 0.519. The fraction of sp³-hybridized carbons (Fsp3) is 0.400. The number of aromatic nitrogens is 2. The Morgan fingerprint density at radius 3 is 2.73 bits per heavy atom. The number of carbonyl (C=O) groups excluding carboxylic acids is 1. The van der Waals surface area contributed by atoms with Crippen molar-refractivity contribution in [3.63, 3.8) is 0 Å². The van der Waals surface area contributed by atoms with E-state index in [0.29, 0.717) is 40.4 Å². The number of hydrogen-bond acceptors (Lipinski definition) is 5. The lowest BCUT2D eigenvalue weighted by atomic mass is 9.99. The maximum Gasteiger partial charge on any atom is 0.329 e. The maximum atomic E-state index is 13.0. The predicted molar refractivity (Wildman–Crippen MR) is 126 cm³/mol. The van der Waals surface area contributed by atoms with Crippen LogP contribution in [0.4, 0.5) is 0 Å². The summed E-state index contributed by atoms with van der Waals surface area (Å²) in [6.07, 6.45) is 4.37. The van der Waals surface area contributed by atoms with Gasteiger partial charge in [0, 0.05) is 12.1 Å². The van der Waals surface area contributed by atoms with Crippen LogP contribution < -0.4 is 26.0 Å². The molecule has 1 aliphatic rings. The van der Waals surface area contributed by atoms with Crippen molar-refractivity contribution in [1.82, 2.24) is 14.9 Å². The number of benzene rings is 2. The van der Waals surface area contributed by atoms with Gasteiger partial charge in [-0.25, -0.2) is 4.79 Å². The summed E-state index contributed by atoms with van der Waals surface area (Å²) < 4.78 is 11.8. The highest BCUT2D eigenvalue weighted by Gasteiger charge is 2.16. The summed E-state index contributed by atoms with van der Waals surface area (Å²) in [5, 5.41) is 3.33. The highest BCUT2D eigenvalue weighted by Crippen LogP contribution is 2.32. The van der Waals surface area contributed by atoms with Gasteiger partial charge in [0.1, 0.15) is 0 Å². The largest absolute Gasteiger partial charge is 0.454 e. The summed E-state index contributed by atoms with van der Waals surface area (Å²) in [5.74, 6) is 1.46. The molecule has 0 radical (unpaired) electrons. The molecule has 2 N–H and O–H groups in total. The van der Waals surface area contributed by atoms with Crippen LogP contribution in [0.1, 0.15) is 55.5 Å². The fourth-order valence-electron chi connectivity index (χ4n) is 4.04. The van der Waals surface area contributed by atoms with Crippen LogP contribution in [-0.2, 0) is 6.54 Å². The lowest BCUT2D eigenvalue weighted by Gasteiger charge is -2.15. The second kappa shape index (κ2) is 9.94. The third-order valence-electron chi connectivity index (χ3n) is 6.12.